The van der Waals surface area contributed by atoms with E-state index in [-0.39, 0.29) is 6.10 Å². The maximum absolute atomic E-state index is 12.5. The number of hydrogen-bond acceptors (Lipinski definition) is 5. The van der Waals surface area contributed by atoms with E-state index in [1.165, 1.54) is 25.3 Å². The molecule has 0 saturated carbocycles. The van der Waals surface area contributed by atoms with Gasteiger partial charge < -0.3 is 14.5 Å². The number of hydrogen-bond donors (Lipinski definition) is 0. The molecular weight excluding hydrogens is 321 g/mol. The molecule has 2 fully saturated rings. The molecule has 0 radical (unpaired) electrons. The normalized spacial score (nSPS) is 23.0. The first-order valence-corrected chi connectivity index (χ1v) is 8.52. The van der Waals surface area contributed by atoms with Crippen LogP contribution in [0.5, 0.6) is 0 Å². The molecule has 0 bridgehead atoms. The molecule has 5 nitrogen and oxygen atoms in total. The van der Waals surface area contributed by atoms with Gasteiger partial charge in [-0.05, 0) is 44.5 Å². The summed E-state index contributed by atoms with van der Waals surface area (Å²) in [7, 11) is 0. The molecule has 8 heteroatoms. The standard InChI is InChI=1S/C16H23F3N4O/c17-16(18,19)14-4-5-15(21-20-14)23-9-6-13(12-23)24-11-10-22-7-2-1-3-8-22/h4-5,13H,1-3,6-12H2/t13-/m1/s1. The lowest BCUT2D eigenvalue weighted by Crippen LogP contribution is -2.34. The molecule has 2 aliphatic heterocycles. The SMILES string of the molecule is FC(F)(F)c1ccc(N2CC[C@@H](OCCN3CCCCC3)C2)nn1. The van der Waals surface area contributed by atoms with E-state index in [2.05, 4.69) is 15.1 Å². The Morgan fingerprint density at radius 1 is 1.08 bits per heavy atom. The summed E-state index contributed by atoms with van der Waals surface area (Å²) in [5.74, 6) is 0.477. The monoisotopic (exact) mass is 344 g/mol. The van der Waals surface area contributed by atoms with E-state index in [0.717, 1.165) is 38.7 Å². The van der Waals surface area contributed by atoms with Crippen molar-refractivity contribution in [2.45, 2.75) is 38.0 Å². The largest absolute Gasteiger partial charge is 0.435 e. The van der Waals surface area contributed by atoms with Crippen LogP contribution in [0.3, 0.4) is 0 Å². The second-order valence-corrected chi connectivity index (χ2v) is 6.40. The third kappa shape index (κ3) is 4.57. The van der Waals surface area contributed by atoms with Crippen molar-refractivity contribution in [3.05, 3.63) is 17.8 Å². The number of aromatic nitrogens is 2. The lowest BCUT2D eigenvalue weighted by atomic mass is 10.1. The lowest BCUT2D eigenvalue weighted by molar-refractivity contribution is -0.141. The van der Waals surface area contributed by atoms with Crippen molar-refractivity contribution in [2.75, 3.05) is 44.2 Å². The Labute approximate surface area is 139 Å². The van der Waals surface area contributed by atoms with E-state index in [0.29, 0.717) is 19.0 Å². The van der Waals surface area contributed by atoms with Crippen LogP contribution < -0.4 is 4.90 Å². The summed E-state index contributed by atoms with van der Waals surface area (Å²) >= 11 is 0. The van der Waals surface area contributed by atoms with Crippen molar-refractivity contribution in [3.63, 3.8) is 0 Å². The van der Waals surface area contributed by atoms with Crippen molar-refractivity contribution in [3.8, 4) is 0 Å². The summed E-state index contributed by atoms with van der Waals surface area (Å²) in [6.45, 7) is 5.35. The highest BCUT2D eigenvalue weighted by Gasteiger charge is 2.33. The van der Waals surface area contributed by atoms with Crippen molar-refractivity contribution >= 4 is 5.82 Å². The first kappa shape index (κ1) is 17.4. The Kier molecular flexibility index (Phi) is 5.55. The van der Waals surface area contributed by atoms with Gasteiger partial charge in [-0.1, -0.05) is 6.42 Å². The fraction of sp³-hybridized carbons (Fsp3) is 0.750. The molecule has 0 unspecified atom stereocenters. The van der Waals surface area contributed by atoms with Gasteiger partial charge in [0.2, 0.25) is 0 Å². The number of piperidine rings is 1. The van der Waals surface area contributed by atoms with Crippen LogP contribution in [-0.2, 0) is 10.9 Å². The molecule has 0 aliphatic carbocycles. The molecule has 0 amide bonds. The minimum Gasteiger partial charge on any atom is -0.375 e. The highest BCUT2D eigenvalue weighted by atomic mass is 19.4. The van der Waals surface area contributed by atoms with Gasteiger partial charge in [-0.2, -0.15) is 13.2 Å². The molecule has 0 N–H and O–H groups in total. The minimum absolute atomic E-state index is 0.110. The van der Waals surface area contributed by atoms with E-state index in [4.69, 9.17) is 4.74 Å². The number of ether oxygens (including phenoxy) is 1. The predicted octanol–water partition coefficient (Wildman–Crippen LogP) is 2.58. The zero-order valence-corrected chi connectivity index (χ0v) is 13.6. The van der Waals surface area contributed by atoms with Crippen LogP contribution in [0.15, 0.2) is 12.1 Å². The van der Waals surface area contributed by atoms with E-state index in [1.54, 1.807) is 0 Å². The van der Waals surface area contributed by atoms with Crippen molar-refractivity contribution < 1.29 is 17.9 Å². The van der Waals surface area contributed by atoms with Gasteiger partial charge in [-0.3, -0.25) is 0 Å². The van der Waals surface area contributed by atoms with Crippen LogP contribution in [0.2, 0.25) is 0 Å². The summed E-state index contributed by atoms with van der Waals surface area (Å²) in [6, 6.07) is 2.36. The van der Waals surface area contributed by atoms with Crippen molar-refractivity contribution in [1.29, 1.82) is 0 Å². The molecule has 0 aromatic carbocycles. The summed E-state index contributed by atoms with van der Waals surface area (Å²) in [5, 5.41) is 6.99. The molecular formula is C16H23F3N4O. The van der Waals surface area contributed by atoms with Gasteiger partial charge in [0.25, 0.3) is 0 Å². The third-order valence-electron chi connectivity index (χ3n) is 4.62. The minimum atomic E-state index is -4.45. The van der Waals surface area contributed by atoms with Crippen LogP contribution in [-0.4, -0.2) is 60.5 Å². The van der Waals surface area contributed by atoms with E-state index >= 15 is 0 Å². The fourth-order valence-electron chi connectivity index (χ4n) is 3.25. The summed E-state index contributed by atoms with van der Waals surface area (Å²) in [6.07, 6.45) is 0.384. The molecule has 24 heavy (non-hydrogen) atoms. The first-order valence-electron chi connectivity index (χ1n) is 8.52. The first-order chi connectivity index (χ1) is 11.5. The predicted molar refractivity (Wildman–Crippen MR) is 83.9 cm³/mol. The maximum Gasteiger partial charge on any atom is 0.435 e. The number of halogens is 3. The highest BCUT2D eigenvalue weighted by Crippen LogP contribution is 2.28. The molecule has 2 saturated heterocycles. The number of rotatable bonds is 5. The van der Waals surface area contributed by atoms with Crippen LogP contribution in [0.25, 0.3) is 0 Å². The highest BCUT2D eigenvalue weighted by molar-refractivity contribution is 5.39. The number of anilines is 1. The molecule has 3 rings (SSSR count). The molecule has 1 aromatic heterocycles. The Bertz CT molecular complexity index is 517. The third-order valence-corrected chi connectivity index (χ3v) is 4.62. The zero-order chi connectivity index (χ0) is 17.0. The summed E-state index contributed by atoms with van der Waals surface area (Å²) < 4.78 is 43.5. The van der Waals surface area contributed by atoms with Gasteiger partial charge >= 0.3 is 6.18 Å². The van der Waals surface area contributed by atoms with E-state index < -0.39 is 11.9 Å². The van der Waals surface area contributed by atoms with Crippen molar-refractivity contribution in [2.24, 2.45) is 0 Å². The second kappa shape index (κ2) is 7.65. The Morgan fingerprint density at radius 3 is 2.54 bits per heavy atom. The van der Waals surface area contributed by atoms with E-state index in [1.807, 2.05) is 4.90 Å². The zero-order valence-electron chi connectivity index (χ0n) is 13.6. The van der Waals surface area contributed by atoms with Gasteiger partial charge in [0, 0.05) is 19.6 Å². The van der Waals surface area contributed by atoms with Crippen LogP contribution in [0.1, 0.15) is 31.4 Å². The Balaban J connectivity index is 1.43. The van der Waals surface area contributed by atoms with Crippen LogP contribution in [0, 0.1) is 0 Å². The summed E-state index contributed by atoms with van der Waals surface area (Å²) in [4.78, 5) is 4.36. The Morgan fingerprint density at radius 2 is 1.88 bits per heavy atom. The van der Waals surface area contributed by atoms with Crippen molar-refractivity contribution in [1.82, 2.24) is 15.1 Å². The quantitative estimate of drug-likeness (QED) is 0.821. The summed E-state index contributed by atoms with van der Waals surface area (Å²) in [5.41, 5.74) is -0.959. The average molecular weight is 344 g/mol. The molecule has 3 heterocycles. The Hall–Kier alpha value is -1.41. The number of likely N-dealkylation sites (tertiary alicyclic amines) is 1. The van der Waals surface area contributed by atoms with Gasteiger partial charge in [-0.15, -0.1) is 10.2 Å². The van der Waals surface area contributed by atoms with Crippen LogP contribution >= 0.6 is 0 Å². The fourth-order valence-corrected chi connectivity index (χ4v) is 3.25. The van der Waals surface area contributed by atoms with Gasteiger partial charge in [0.05, 0.1) is 12.7 Å². The second-order valence-electron chi connectivity index (χ2n) is 6.40. The molecule has 0 spiro atoms. The average Bonchev–Trinajstić information content (AvgIpc) is 3.04. The van der Waals surface area contributed by atoms with Crippen LogP contribution in [0.4, 0.5) is 19.0 Å². The van der Waals surface area contributed by atoms with Gasteiger partial charge in [0.1, 0.15) is 0 Å². The molecule has 1 aromatic rings. The number of alkyl halides is 3. The number of nitrogens with zero attached hydrogens (tertiary/aromatic N) is 4. The molecule has 2 aliphatic rings. The maximum atomic E-state index is 12.5. The smallest absolute Gasteiger partial charge is 0.375 e. The topological polar surface area (TPSA) is 41.5 Å². The molecule has 1 atom stereocenters. The molecule has 134 valence electrons. The van der Waals surface area contributed by atoms with Gasteiger partial charge in [0.15, 0.2) is 11.5 Å². The van der Waals surface area contributed by atoms with Gasteiger partial charge in [-0.25, -0.2) is 0 Å². The lowest BCUT2D eigenvalue weighted by Gasteiger charge is -2.26. The van der Waals surface area contributed by atoms with E-state index in [9.17, 15) is 13.2 Å².